The first kappa shape index (κ1) is 13.4. The number of H-pyrrole nitrogens is 1. The van der Waals surface area contributed by atoms with E-state index in [0.29, 0.717) is 12.0 Å². The Labute approximate surface area is 118 Å². The van der Waals surface area contributed by atoms with Crippen molar-refractivity contribution < 1.29 is 5.11 Å². The summed E-state index contributed by atoms with van der Waals surface area (Å²) in [4.78, 5) is 4.13. The van der Waals surface area contributed by atoms with Gasteiger partial charge in [0.1, 0.15) is 6.33 Å². The van der Waals surface area contributed by atoms with Gasteiger partial charge in [-0.15, -0.1) is 0 Å². The number of aromatic nitrogens is 3. The van der Waals surface area contributed by atoms with E-state index in [9.17, 15) is 5.11 Å². The number of rotatable bonds is 7. The third-order valence-corrected chi connectivity index (χ3v) is 5.32. The number of aliphatic hydroxyl groups is 1. The van der Waals surface area contributed by atoms with Gasteiger partial charge in [-0.25, -0.2) is 4.98 Å². The number of thioether (sulfide) groups is 1. The van der Waals surface area contributed by atoms with Gasteiger partial charge in [0.15, 0.2) is 5.16 Å². The Bertz CT molecular complexity index is 395. The second-order valence-electron chi connectivity index (χ2n) is 5.75. The summed E-state index contributed by atoms with van der Waals surface area (Å²) < 4.78 is 0. The van der Waals surface area contributed by atoms with Gasteiger partial charge in [-0.3, -0.25) is 5.10 Å². The maximum absolute atomic E-state index is 9.85. The first-order valence-electron chi connectivity index (χ1n) is 7.19. The molecule has 0 radical (unpaired) electrons. The fraction of sp³-hybridized carbons (Fsp3) is 0.846. The standard InChI is InChI=1S/C13H22N4OS/c18-8-13(16-11-3-4-11)6-1-2-10(13)5-7-19-12-14-9-15-17-12/h9-11,16,18H,1-8H2,(H,14,15,17). The minimum atomic E-state index is -0.0108. The van der Waals surface area contributed by atoms with E-state index in [2.05, 4.69) is 20.5 Å². The number of hydrogen-bond donors (Lipinski definition) is 3. The highest BCUT2D eigenvalue weighted by Crippen LogP contribution is 2.40. The van der Waals surface area contributed by atoms with Crippen LogP contribution in [0, 0.1) is 5.92 Å². The summed E-state index contributed by atoms with van der Waals surface area (Å²) in [6.45, 7) is 0.279. The van der Waals surface area contributed by atoms with Gasteiger partial charge in [-0.1, -0.05) is 18.2 Å². The summed E-state index contributed by atoms with van der Waals surface area (Å²) in [5.74, 6) is 1.63. The van der Waals surface area contributed by atoms with Crippen molar-refractivity contribution in [2.24, 2.45) is 5.92 Å². The molecular weight excluding hydrogens is 260 g/mol. The predicted molar refractivity (Wildman–Crippen MR) is 75.0 cm³/mol. The molecule has 2 saturated carbocycles. The number of hydrogen-bond acceptors (Lipinski definition) is 5. The Balaban J connectivity index is 1.52. The molecule has 106 valence electrons. The van der Waals surface area contributed by atoms with Gasteiger partial charge in [-0.05, 0) is 38.0 Å². The highest BCUT2D eigenvalue weighted by molar-refractivity contribution is 7.99. The summed E-state index contributed by atoms with van der Waals surface area (Å²) >= 11 is 1.72. The summed E-state index contributed by atoms with van der Waals surface area (Å²) in [5.41, 5.74) is -0.0108. The van der Waals surface area contributed by atoms with Gasteiger partial charge in [0, 0.05) is 17.3 Å². The molecule has 3 N–H and O–H groups in total. The van der Waals surface area contributed by atoms with Crippen LogP contribution >= 0.6 is 11.8 Å². The van der Waals surface area contributed by atoms with Crippen LogP contribution in [-0.4, -0.2) is 44.2 Å². The molecule has 19 heavy (non-hydrogen) atoms. The number of nitrogens with zero attached hydrogens (tertiary/aromatic N) is 2. The van der Waals surface area contributed by atoms with Crippen LogP contribution in [0.5, 0.6) is 0 Å². The molecule has 0 bridgehead atoms. The zero-order valence-corrected chi connectivity index (χ0v) is 12.0. The Kier molecular flexibility index (Phi) is 4.10. The van der Waals surface area contributed by atoms with Crippen LogP contribution in [0.15, 0.2) is 11.5 Å². The molecule has 6 heteroatoms. The molecule has 2 unspecified atom stereocenters. The smallest absolute Gasteiger partial charge is 0.183 e. The maximum Gasteiger partial charge on any atom is 0.183 e. The zero-order chi connectivity index (χ0) is 13.1. The summed E-state index contributed by atoms with van der Waals surface area (Å²) in [6.07, 6.45) is 8.82. The Hall–Kier alpha value is -0.590. The number of nitrogens with one attached hydrogen (secondary N) is 2. The molecule has 1 heterocycles. The second-order valence-corrected chi connectivity index (χ2v) is 6.83. The molecule has 1 aromatic heterocycles. The first-order valence-corrected chi connectivity index (χ1v) is 8.18. The lowest BCUT2D eigenvalue weighted by atomic mass is 9.85. The maximum atomic E-state index is 9.85. The lowest BCUT2D eigenvalue weighted by Crippen LogP contribution is -2.52. The molecule has 2 fully saturated rings. The van der Waals surface area contributed by atoms with E-state index in [1.165, 1.54) is 25.7 Å². The fourth-order valence-corrected chi connectivity index (χ4v) is 4.04. The van der Waals surface area contributed by atoms with Gasteiger partial charge >= 0.3 is 0 Å². The highest BCUT2D eigenvalue weighted by atomic mass is 32.2. The van der Waals surface area contributed by atoms with Gasteiger partial charge in [0.25, 0.3) is 0 Å². The molecule has 0 aliphatic heterocycles. The highest BCUT2D eigenvalue weighted by Gasteiger charge is 2.44. The number of aliphatic hydroxyl groups excluding tert-OH is 1. The van der Waals surface area contributed by atoms with Crippen LogP contribution in [-0.2, 0) is 0 Å². The minimum Gasteiger partial charge on any atom is -0.394 e. The Morgan fingerprint density at radius 1 is 1.47 bits per heavy atom. The van der Waals surface area contributed by atoms with Crippen LogP contribution in [0.2, 0.25) is 0 Å². The zero-order valence-electron chi connectivity index (χ0n) is 11.1. The lowest BCUT2D eigenvalue weighted by molar-refractivity contribution is 0.120. The average Bonchev–Trinajstić information content (AvgIpc) is 2.92. The van der Waals surface area contributed by atoms with Crippen molar-refractivity contribution in [2.45, 2.75) is 55.3 Å². The quantitative estimate of drug-likeness (QED) is 0.662. The molecule has 0 amide bonds. The first-order chi connectivity index (χ1) is 9.32. The topological polar surface area (TPSA) is 73.8 Å². The summed E-state index contributed by atoms with van der Waals surface area (Å²) in [6, 6.07) is 0.662. The van der Waals surface area contributed by atoms with Crippen LogP contribution in [0.1, 0.15) is 38.5 Å². The van der Waals surface area contributed by atoms with Crippen molar-refractivity contribution in [3.05, 3.63) is 6.33 Å². The van der Waals surface area contributed by atoms with Crippen molar-refractivity contribution in [3.63, 3.8) is 0 Å². The third kappa shape index (κ3) is 3.12. The third-order valence-electron chi connectivity index (χ3n) is 4.41. The monoisotopic (exact) mass is 282 g/mol. The van der Waals surface area contributed by atoms with Crippen molar-refractivity contribution in [1.82, 2.24) is 20.5 Å². The SMILES string of the molecule is OCC1(NC2CC2)CCCC1CCSc1ncn[nH]1. The van der Waals surface area contributed by atoms with Gasteiger partial charge in [-0.2, -0.15) is 5.10 Å². The van der Waals surface area contributed by atoms with E-state index in [-0.39, 0.29) is 12.1 Å². The van der Waals surface area contributed by atoms with Crippen LogP contribution in [0.25, 0.3) is 0 Å². The van der Waals surface area contributed by atoms with E-state index in [0.717, 1.165) is 23.8 Å². The molecule has 2 aliphatic carbocycles. The minimum absolute atomic E-state index is 0.0108. The van der Waals surface area contributed by atoms with E-state index < -0.39 is 0 Å². The van der Waals surface area contributed by atoms with Gasteiger partial charge < -0.3 is 10.4 Å². The van der Waals surface area contributed by atoms with Gasteiger partial charge in [0.05, 0.1) is 6.61 Å². The molecule has 2 atom stereocenters. The summed E-state index contributed by atoms with van der Waals surface area (Å²) in [5, 5.41) is 21.2. The molecule has 1 aromatic rings. The fourth-order valence-electron chi connectivity index (χ4n) is 3.20. The molecule has 0 aromatic carbocycles. The molecule has 5 nitrogen and oxygen atoms in total. The average molecular weight is 282 g/mol. The molecule has 3 rings (SSSR count). The Morgan fingerprint density at radius 3 is 3.05 bits per heavy atom. The molecule has 0 saturated heterocycles. The van der Waals surface area contributed by atoms with Crippen molar-refractivity contribution in [2.75, 3.05) is 12.4 Å². The normalized spacial score (nSPS) is 30.9. The lowest BCUT2D eigenvalue weighted by Gasteiger charge is -2.35. The van der Waals surface area contributed by atoms with Gasteiger partial charge in [0.2, 0.25) is 0 Å². The summed E-state index contributed by atoms with van der Waals surface area (Å²) in [7, 11) is 0. The molecule has 2 aliphatic rings. The van der Waals surface area contributed by atoms with Crippen molar-refractivity contribution in [3.8, 4) is 0 Å². The molecular formula is C13H22N4OS. The van der Waals surface area contributed by atoms with E-state index >= 15 is 0 Å². The Morgan fingerprint density at radius 2 is 2.37 bits per heavy atom. The van der Waals surface area contributed by atoms with Crippen molar-refractivity contribution in [1.29, 1.82) is 0 Å². The predicted octanol–water partition coefficient (Wildman–Crippen LogP) is 1.57. The molecule has 0 spiro atoms. The van der Waals surface area contributed by atoms with E-state index in [1.807, 2.05) is 0 Å². The van der Waals surface area contributed by atoms with E-state index in [1.54, 1.807) is 18.1 Å². The largest absolute Gasteiger partial charge is 0.394 e. The number of aromatic amines is 1. The second kappa shape index (κ2) is 5.81. The van der Waals surface area contributed by atoms with Crippen LogP contribution in [0.3, 0.4) is 0 Å². The van der Waals surface area contributed by atoms with Crippen molar-refractivity contribution >= 4 is 11.8 Å². The van der Waals surface area contributed by atoms with E-state index in [4.69, 9.17) is 0 Å². The van der Waals surface area contributed by atoms with Crippen LogP contribution in [0.4, 0.5) is 0 Å². The van der Waals surface area contributed by atoms with Crippen LogP contribution < -0.4 is 5.32 Å².